The number of nitrogens with zero attached hydrogens (tertiary/aromatic N) is 2. The normalized spacial score (nSPS) is 11.4. The second-order valence-corrected chi connectivity index (χ2v) is 6.99. The molecule has 4 nitrogen and oxygen atoms in total. The Morgan fingerprint density at radius 2 is 2.04 bits per heavy atom. The molecule has 6 heteroatoms. The summed E-state index contributed by atoms with van der Waals surface area (Å²) in [4.78, 5) is 4.47. The Balaban J connectivity index is 1.50. The zero-order chi connectivity index (χ0) is 17.2. The fraction of sp³-hybridized carbons (Fsp3) is 0.0526. The highest BCUT2D eigenvalue weighted by molar-refractivity contribution is 7.22. The molecule has 0 aliphatic rings. The van der Waals surface area contributed by atoms with Crippen molar-refractivity contribution in [3.63, 3.8) is 0 Å². The van der Waals surface area contributed by atoms with Crippen LogP contribution in [-0.4, -0.2) is 11.2 Å². The number of nitrogens with one attached hydrogen (secondary N) is 1. The van der Waals surface area contributed by atoms with Crippen molar-refractivity contribution in [3.8, 4) is 11.3 Å². The van der Waals surface area contributed by atoms with E-state index < -0.39 is 0 Å². The van der Waals surface area contributed by atoms with Gasteiger partial charge < -0.3 is 4.42 Å². The molecule has 0 saturated carbocycles. The molecule has 2 heterocycles. The molecule has 0 atom stereocenters. The van der Waals surface area contributed by atoms with Crippen LogP contribution in [0.2, 0.25) is 5.02 Å². The molecule has 0 amide bonds. The molecule has 4 rings (SSSR count). The first-order valence-electron chi connectivity index (χ1n) is 7.70. The minimum Gasteiger partial charge on any atom is -0.455 e. The first-order valence-corrected chi connectivity index (χ1v) is 8.89. The number of hydrogen-bond acceptors (Lipinski definition) is 5. The van der Waals surface area contributed by atoms with E-state index in [-0.39, 0.29) is 0 Å². The van der Waals surface area contributed by atoms with E-state index in [0.29, 0.717) is 10.8 Å². The Hall–Kier alpha value is -2.63. The van der Waals surface area contributed by atoms with E-state index in [4.69, 9.17) is 16.0 Å². The Morgan fingerprint density at radius 3 is 2.92 bits per heavy atom. The van der Waals surface area contributed by atoms with Crippen molar-refractivity contribution < 1.29 is 4.42 Å². The zero-order valence-electron chi connectivity index (χ0n) is 13.4. The van der Waals surface area contributed by atoms with Gasteiger partial charge in [-0.25, -0.2) is 4.98 Å². The van der Waals surface area contributed by atoms with Crippen LogP contribution in [0.25, 0.3) is 21.5 Å². The fourth-order valence-corrected chi connectivity index (χ4v) is 3.49. The number of aryl methyl sites for hydroxylation is 1. The summed E-state index contributed by atoms with van der Waals surface area (Å²) in [6.07, 6.45) is 1.63. The topological polar surface area (TPSA) is 50.4 Å². The number of aromatic nitrogens is 1. The highest BCUT2D eigenvalue weighted by Crippen LogP contribution is 2.28. The minimum absolute atomic E-state index is 0.656. The number of furan rings is 1. The molecule has 0 spiro atoms. The van der Waals surface area contributed by atoms with E-state index in [1.165, 1.54) is 0 Å². The van der Waals surface area contributed by atoms with Gasteiger partial charge in [-0.15, -0.1) is 0 Å². The summed E-state index contributed by atoms with van der Waals surface area (Å²) in [5.74, 6) is 1.42. The van der Waals surface area contributed by atoms with Gasteiger partial charge >= 0.3 is 0 Å². The van der Waals surface area contributed by atoms with Crippen LogP contribution in [0.3, 0.4) is 0 Å². The molecule has 0 saturated heterocycles. The van der Waals surface area contributed by atoms with Gasteiger partial charge in [0.1, 0.15) is 11.5 Å². The summed E-state index contributed by atoms with van der Waals surface area (Å²) in [6.45, 7) is 2.02. The van der Waals surface area contributed by atoms with Crippen LogP contribution in [-0.2, 0) is 0 Å². The van der Waals surface area contributed by atoms with Crippen LogP contribution >= 0.6 is 22.9 Å². The molecule has 0 bridgehead atoms. The monoisotopic (exact) mass is 367 g/mol. The number of para-hydroxylation sites is 1. The fourth-order valence-electron chi connectivity index (χ4n) is 2.50. The molecule has 0 unspecified atom stereocenters. The van der Waals surface area contributed by atoms with Crippen LogP contribution < -0.4 is 5.43 Å². The van der Waals surface area contributed by atoms with Crippen LogP contribution in [0.5, 0.6) is 0 Å². The Kier molecular flexibility index (Phi) is 4.26. The maximum atomic E-state index is 6.07. The van der Waals surface area contributed by atoms with Crippen molar-refractivity contribution >= 4 is 44.5 Å². The largest absolute Gasteiger partial charge is 0.455 e. The number of thiazole rings is 1. The van der Waals surface area contributed by atoms with Crippen LogP contribution in [0.4, 0.5) is 5.13 Å². The lowest BCUT2D eigenvalue weighted by atomic mass is 10.1. The number of halogens is 1. The van der Waals surface area contributed by atoms with Crippen LogP contribution in [0.1, 0.15) is 11.3 Å². The number of hydrogen-bond donors (Lipinski definition) is 1. The van der Waals surface area contributed by atoms with Crippen molar-refractivity contribution in [1.29, 1.82) is 0 Å². The molecule has 0 aliphatic heterocycles. The quantitative estimate of drug-likeness (QED) is 0.357. The summed E-state index contributed by atoms with van der Waals surface area (Å²) < 4.78 is 6.96. The SMILES string of the molecule is Cc1ccc(Cl)cc1-c1ccc(/C=N/Nc2nc3ccccc3s2)o1. The predicted molar refractivity (Wildman–Crippen MR) is 105 cm³/mol. The lowest BCUT2D eigenvalue weighted by Crippen LogP contribution is -1.88. The molecule has 0 aliphatic carbocycles. The predicted octanol–water partition coefficient (Wildman–Crippen LogP) is 5.96. The van der Waals surface area contributed by atoms with Crippen molar-refractivity contribution in [2.45, 2.75) is 6.92 Å². The maximum Gasteiger partial charge on any atom is 0.204 e. The second kappa shape index (κ2) is 6.70. The third kappa shape index (κ3) is 3.43. The summed E-state index contributed by atoms with van der Waals surface area (Å²) in [5.41, 5.74) is 5.99. The van der Waals surface area contributed by atoms with Gasteiger partial charge in [-0.1, -0.05) is 41.1 Å². The molecule has 25 heavy (non-hydrogen) atoms. The van der Waals surface area contributed by atoms with E-state index >= 15 is 0 Å². The van der Waals surface area contributed by atoms with Gasteiger partial charge in [0.25, 0.3) is 0 Å². The minimum atomic E-state index is 0.656. The second-order valence-electron chi connectivity index (χ2n) is 5.52. The van der Waals surface area contributed by atoms with Crippen LogP contribution in [0.15, 0.2) is 64.1 Å². The highest BCUT2D eigenvalue weighted by atomic mass is 35.5. The summed E-state index contributed by atoms with van der Waals surface area (Å²) in [7, 11) is 0. The van der Waals surface area contributed by atoms with Gasteiger partial charge in [0.05, 0.1) is 16.4 Å². The summed E-state index contributed by atoms with van der Waals surface area (Å²) in [5, 5.41) is 5.64. The number of benzene rings is 2. The number of rotatable bonds is 4. The highest BCUT2D eigenvalue weighted by Gasteiger charge is 2.07. The standard InChI is InChI=1S/C19H14ClN3OS/c1-12-6-7-13(20)10-15(12)17-9-8-14(24-17)11-21-23-19-22-16-4-2-3-5-18(16)25-19/h2-11H,1H3,(H,22,23)/b21-11+. The molecule has 2 aromatic heterocycles. The number of hydrazone groups is 1. The average Bonchev–Trinajstić information content (AvgIpc) is 3.23. The molecule has 0 fully saturated rings. The van der Waals surface area contributed by atoms with E-state index in [1.807, 2.05) is 61.5 Å². The van der Waals surface area contributed by atoms with Gasteiger partial charge in [0.15, 0.2) is 0 Å². The van der Waals surface area contributed by atoms with Crippen molar-refractivity contribution in [3.05, 3.63) is 70.9 Å². The van der Waals surface area contributed by atoms with Crippen molar-refractivity contribution in [2.24, 2.45) is 5.10 Å². The first kappa shape index (κ1) is 15.9. The zero-order valence-corrected chi connectivity index (χ0v) is 14.9. The van der Waals surface area contributed by atoms with Crippen LogP contribution in [0, 0.1) is 6.92 Å². The van der Waals surface area contributed by atoms with Gasteiger partial charge in [0, 0.05) is 10.6 Å². The Morgan fingerprint density at radius 1 is 1.16 bits per heavy atom. The van der Waals surface area contributed by atoms with Crippen molar-refractivity contribution in [2.75, 3.05) is 5.43 Å². The smallest absolute Gasteiger partial charge is 0.204 e. The summed E-state index contributed by atoms with van der Waals surface area (Å²) in [6, 6.07) is 17.5. The molecule has 2 aromatic carbocycles. The number of fused-ring (bicyclic) bond motifs is 1. The third-order valence-electron chi connectivity index (χ3n) is 3.74. The molecule has 4 aromatic rings. The van der Waals surface area contributed by atoms with Gasteiger partial charge in [0.2, 0.25) is 5.13 Å². The Labute approximate surface area is 153 Å². The molecule has 1 N–H and O–H groups in total. The van der Waals surface area contributed by atoms with E-state index in [9.17, 15) is 0 Å². The molecule has 124 valence electrons. The van der Waals surface area contributed by atoms with E-state index in [2.05, 4.69) is 15.5 Å². The lowest BCUT2D eigenvalue weighted by Gasteiger charge is -2.02. The lowest BCUT2D eigenvalue weighted by molar-refractivity contribution is 0.574. The van der Waals surface area contributed by atoms with Crippen molar-refractivity contribution in [1.82, 2.24) is 4.98 Å². The molecular formula is C19H14ClN3OS. The first-order chi connectivity index (χ1) is 12.2. The van der Waals surface area contributed by atoms with Gasteiger partial charge in [-0.2, -0.15) is 5.10 Å². The third-order valence-corrected chi connectivity index (χ3v) is 4.91. The molecule has 0 radical (unpaired) electrons. The van der Waals surface area contributed by atoms with Gasteiger partial charge in [-0.3, -0.25) is 5.43 Å². The summed E-state index contributed by atoms with van der Waals surface area (Å²) >= 11 is 7.63. The molecular weight excluding hydrogens is 354 g/mol. The maximum absolute atomic E-state index is 6.07. The van der Waals surface area contributed by atoms with Gasteiger partial charge in [-0.05, 0) is 48.9 Å². The van der Waals surface area contributed by atoms with E-state index in [1.54, 1.807) is 17.6 Å². The Bertz CT molecular complexity index is 1030. The number of anilines is 1. The van der Waals surface area contributed by atoms with E-state index in [0.717, 1.165) is 32.2 Å². The average molecular weight is 368 g/mol.